The molecular formula is C20H25ClN3O4+. The lowest BCUT2D eigenvalue weighted by Gasteiger charge is -2.29. The van der Waals surface area contributed by atoms with E-state index in [1.165, 1.54) is 4.90 Å². The molecule has 2 saturated heterocycles. The number of fused-ring (bicyclic) bond motifs is 4. The Morgan fingerprint density at radius 2 is 1.96 bits per heavy atom. The number of rotatable bonds is 3. The average molecular weight is 407 g/mol. The van der Waals surface area contributed by atoms with Crippen LogP contribution in [0.25, 0.3) is 0 Å². The maximum absolute atomic E-state index is 13.4. The molecule has 1 aromatic carbocycles. The van der Waals surface area contributed by atoms with Crippen molar-refractivity contribution in [3.05, 3.63) is 28.3 Å². The number of amides is 3. The largest absolute Gasteiger partial charge is 0.387 e. The highest BCUT2D eigenvalue weighted by atomic mass is 35.5. The first-order valence-electron chi connectivity index (χ1n) is 9.68. The second-order valence-corrected chi connectivity index (χ2v) is 8.62. The SMILES string of the molecule is CC[C@@H](C)N1C(=O)[C@@H]2[C@H]([C@@H](C)O)[NH2+][C@]3(C(=O)Nc4c3ccc(Cl)c4C)[C@@H]2C1=O. The minimum Gasteiger partial charge on any atom is -0.387 e. The molecule has 8 heteroatoms. The summed E-state index contributed by atoms with van der Waals surface area (Å²) in [7, 11) is 0. The Morgan fingerprint density at radius 3 is 2.57 bits per heavy atom. The van der Waals surface area contributed by atoms with E-state index in [0.717, 1.165) is 5.56 Å². The summed E-state index contributed by atoms with van der Waals surface area (Å²) >= 11 is 6.23. The van der Waals surface area contributed by atoms with E-state index in [4.69, 9.17) is 11.6 Å². The molecule has 2 fully saturated rings. The van der Waals surface area contributed by atoms with Crippen LogP contribution in [-0.4, -0.2) is 45.9 Å². The van der Waals surface area contributed by atoms with E-state index in [-0.39, 0.29) is 23.8 Å². The van der Waals surface area contributed by atoms with Gasteiger partial charge in [0.15, 0.2) is 0 Å². The molecule has 1 aromatic rings. The maximum Gasteiger partial charge on any atom is 0.291 e. The van der Waals surface area contributed by atoms with Crippen molar-refractivity contribution in [1.82, 2.24) is 4.90 Å². The summed E-state index contributed by atoms with van der Waals surface area (Å²) < 4.78 is 0. The Kier molecular flexibility index (Phi) is 4.34. The molecule has 3 aliphatic heterocycles. The zero-order valence-corrected chi connectivity index (χ0v) is 17.1. The minimum absolute atomic E-state index is 0.256. The van der Waals surface area contributed by atoms with Crippen LogP contribution in [0.5, 0.6) is 0 Å². The standard InChI is InChI=1S/C20H24ClN3O4/c1-5-8(2)24-17(26)13-14(18(24)27)20(23-16(13)10(4)25)11-6-7-12(21)9(3)15(11)22-19(20)28/h6-8,10,13-14,16,23,25H,5H2,1-4H3,(H,22,28)/p+1/t8-,10-,13+,14+,16+,20+/m1/s1. The molecule has 0 radical (unpaired) electrons. The molecule has 0 aliphatic carbocycles. The van der Waals surface area contributed by atoms with Gasteiger partial charge >= 0.3 is 0 Å². The normalized spacial score (nSPS) is 33.3. The molecule has 7 nitrogen and oxygen atoms in total. The fraction of sp³-hybridized carbons (Fsp3) is 0.550. The summed E-state index contributed by atoms with van der Waals surface area (Å²) in [5, 5.41) is 15.5. The molecule has 3 amide bonds. The molecule has 0 saturated carbocycles. The van der Waals surface area contributed by atoms with Gasteiger partial charge in [0.05, 0.1) is 5.69 Å². The number of benzene rings is 1. The third-order valence-electron chi connectivity index (χ3n) is 6.79. The Bertz CT molecular complexity index is 902. The second kappa shape index (κ2) is 6.27. The Hall–Kier alpha value is -1.96. The van der Waals surface area contributed by atoms with Gasteiger partial charge in [0.25, 0.3) is 5.91 Å². The number of imide groups is 1. The number of likely N-dealkylation sites (tertiary alicyclic amines) is 1. The number of hydrogen-bond acceptors (Lipinski definition) is 4. The monoisotopic (exact) mass is 406 g/mol. The van der Waals surface area contributed by atoms with Gasteiger partial charge in [-0.1, -0.05) is 18.5 Å². The lowest BCUT2D eigenvalue weighted by molar-refractivity contribution is -0.738. The quantitative estimate of drug-likeness (QED) is 0.637. The minimum atomic E-state index is -1.27. The smallest absolute Gasteiger partial charge is 0.291 e. The van der Waals surface area contributed by atoms with Crippen LogP contribution >= 0.6 is 11.6 Å². The van der Waals surface area contributed by atoms with Crippen LogP contribution < -0.4 is 10.6 Å². The van der Waals surface area contributed by atoms with Gasteiger partial charge in [-0.3, -0.25) is 19.3 Å². The zero-order valence-electron chi connectivity index (χ0n) is 16.3. The summed E-state index contributed by atoms with van der Waals surface area (Å²) in [4.78, 5) is 41.2. The lowest BCUT2D eigenvalue weighted by atomic mass is 9.76. The third kappa shape index (κ3) is 2.21. The van der Waals surface area contributed by atoms with E-state index < -0.39 is 29.5 Å². The van der Waals surface area contributed by atoms with Crippen molar-refractivity contribution in [3.8, 4) is 0 Å². The molecule has 4 N–H and O–H groups in total. The van der Waals surface area contributed by atoms with Crippen molar-refractivity contribution >= 4 is 35.0 Å². The Labute approximate surface area is 168 Å². The molecule has 0 unspecified atom stereocenters. The molecule has 150 valence electrons. The van der Waals surface area contributed by atoms with Crippen molar-refractivity contribution in [1.29, 1.82) is 0 Å². The van der Waals surface area contributed by atoms with Crippen LogP contribution in [0.15, 0.2) is 12.1 Å². The van der Waals surface area contributed by atoms with Crippen LogP contribution in [0.2, 0.25) is 5.02 Å². The summed E-state index contributed by atoms with van der Waals surface area (Å²) in [6.07, 6.45) is -0.226. The number of quaternary nitrogens is 1. The Morgan fingerprint density at radius 1 is 1.29 bits per heavy atom. The van der Waals surface area contributed by atoms with Crippen LogP contribution in [0.1, 0.15) is 38.3 Å². The summed E-state index contributed by atoms with van der Waals surface area (Å²) in [6, 6.07) is 2.63. The van der Waals surface area contributed by atoms with Crippen molar-refractivity contribution in [2.45, 2.75) is 57.8 Å². The molecule has 1 spiro atoms. The zero-order chi connectivity index (χ0) is 20.5. The van der Waals surface area contributed by atoms with E-state index in [0.29, 0.717) is 22.7 Å². The number of nitrogens with zero attached hydrogens (tertiary/aromatic N) is 1. The number of carbonyl (C=O) groups is 3. The topological polar surface area (TPSA) is 103 Å². The number of halogens is 1. The van der Waals surface area contributed by atoms with Crippen LogP contribution in [0, 0.1) is 18.8 Å². The molecule has 0 bridgehead atoms. The van der Waals surface area contributed by atoms with Crippen molar-refractivity contribution < 1.29 is 24.8 Å². The summed E-state index contributed by atoms with van der Waals surface area (Å²) in [5.41, 5.74) is 0.711. The molecule has 28 heavy (non-hydrogen) atoms. The van der Waals surface area contributed by atoms with Gasteiger partial charge in [0.2, 0.25) is 17.4 Å². The highest BCUT2D eigenvalue weighted by Gasteiger charge is 2.75. The van der Waals surface area contributed by atoms with Crippen LogP contribution in [-0.2, 0) is 19.9 Å². The average Bonchev–Trinajstić information content (AvgIpc) is 3.24. The van der Waals surface area contributed by atoms with Gasteiger partial charge in [-0.25, -0.2) is 0 Å². The maximum atomic E-state index is 13.4. The Balaban J connectivity index is 1.93. The van der Waals surface area contributed by atoms with Gasteiger partial charge in [-0.2, -0.15) is 0 Å². The number of carbonyl (C=O) groups excluding carboxylic acids is 3. The molecule has 6 atom stereocenters. The number of nitrogens with one attached hydrogen (secondary N) is 1. The molecule has 4 rings (SSSR count). The number of aliphatic hydroxyl groups excluding tert-OH is 1. The van der Waals surface area contributed by atoms with Gasteiger partial charge < -0.3 is 15.7 Å². The van der Waals surface area contributed by atoms with Gasteiger partial charge in [-0.15, -0.1) is 0 Å². The van der Waals surface area contributed by atoms with Gasteiger partial charge in [0, 0.05) is 16.6 Å². The first-order chi connectivity index (χ1) is 13.2. The van der Waals surface area contributed by atoms with E-state index >= 15 is 0 Å². The highest BCUT2D eigenvalue weighted by molar-refractivity contribution is 6.32. The van der Waals surface area contributed by atoms with Gasteiger partial charge in [0.1, 0.15) is 24.0 Å². The van der Waals surface area contributed by atoms with Crippen LogP contribution in [0.3, 0.4) is 0 Å². The first-order valence-corrected chi connectivity index (χ1v) is 10.1. The van der Waals surface area contributed by atoms with Crippen molar-refractivity contribution in [2.24, 2.45) is 11.8 Å². The highest BCUT2D eigenvalue weighted by Crippen LogP contribution is 2.51. The predicted molar refractivity (Wildman–Crippen MR) is 102 cm³/mol. The van der Waals surface area contributed by atoms with Crippen molar-refractivity contribution in [2.75, 3.05) is 5.32 Å². The second-order valence-electron chi connectivity index (χ2n) is 8.21. The first kappa shape index (κ1) is 19.4. The summed E-state index contributed by atoms with van der Waals surface area (Å²) in [5.74, 6) is -2.56. The van der Waals surface area contributed by atoms with Crippen molar-refractivity contribution in [3.63, 3.8) is 0 Å². The summed E-state index contributed by atoms with van der Waals surface area (Å²) in [6.45, 7) is 7.15. The molecular weight excluding hydrogens is 382 g/mol. The molecule has 0 aromatic heterocycles. The van der Waals surface area contributed by atoms with Gasteiger partial charge in [-0.05, 0) is 44.9 Å². The lowest BCUT2D eigenvalue weighted by Crippen LogP contribution is -3.00. The number of nitrogens with two attached hydrogens (primary N) is 1. The third-order valence-corrected chi connectivity index (χ3v) is 7.20. The number of hydrogen-bond donors (Lipinski definition) is 3. The predicted octanol–water partition coefficient (Wildman–Crippen LogP) is 0.522. The van der Waals surface area contributed by atoms with E-state index in [9.17, 15) is 19.5 Å². The molecule has 3 aliphatic rings. The van der Waals surface area contributed by atoms with E-state index in [1.54, 1.807) is 24.4 Å². The molecule has 3 heterocycles. The van der Waals surface area contributed by atoms with Crippen LogP contribution in [0.4, 0.5) is 5.69 Å². The van der Waals surface area contributed by atoms with E-state index in [2.05, 4.69) is 5.32 Å². The number of aliphatic hydroxyl groups is 1. The fourth-order valence-electron chi connectivity index (χ4n) is 5.15. The fourth-order valence-corrected chi connectivity index (χ4v) is 5.31. The van der Waals surface area contributed by atoms with E-state index in [1.807, 2.05) is 20.8 Å². The number of anilines is 1.